The monoisotopic (exact) mass is 469 g/mol. The predicted molar refractivity (Wildman–Crippen MR) is 141 cm³/mol. The van der Waals surface area contributed by atoms with E-state index >= 15 is 0 Å². The number of hydrogen-bond acceptors (Lipinski definition) is 4. The average molecular weight is 470 g/mol. The van der Waals surface area contributed by atoms with Crippen molar-refractivity contribution in [3.63, 3.8) is 0 Å². The SMILES string of the molecule is CCCCC(=O)Oc1ccc2ccccc2c1-c1c(OC(=O)N(CC)CC)ccc2ccccc12. The number of esters is 1. The fourth-order valence-corrected chi connectivity index (χ4v) is 4.32. The second kappa shape index (κ2) is 11.0. The van der Waals surface area contributed by atoms with Crippen molar-refractivity contribution in [1.82, 2.24) is 4.90 Å². The summed E-state index contributed by atoms with van der Waals surface area (Å²) < 4.78 is 11.9. The number of amides is 1. The van der Waals surface area contributed by atoms with Gasteiger partial charge in [0, 0.05) is 30.6 Å². The zero-order chi connectivity index (χ0) is 24.8. The van der Waals surface area contributed by atoms with Crippen LogP contribution < -0.4 is 9.47 Å². The molecule has 0 aromatic heterocycles. The third-order valence-electron chi connectivity index (χ3n) is 6.21. The third kappa shape index (κ3) is 5.14. The Bertz CT molecular complexity index is 1360. The van der Waals surface area contributed by atoms with Gasteiger partial charge in [0.05, 0.1) is 0 Å². The van der Waals surface area contributed by atoms with Gasteiger partial charge in [-0.2, -0.15) is 0 Å². The number of carbonyl (C=O) groups is 2. The van der Waals surface area contributed by atoms with Gasteiger partial charge in [-0.25, -0.2) is 4.79 Å². The minimum atomic E-state index is -0.409. The van der Waals surface area contributed by atoms with Gasteiger partial charge in [0.25, 0.3) is 0 Å². The number of rotatable bonds is 8. The van der Waals surface area contributed by atoms with E-state index < -0.39 is 6.09 Å². The van der Waals surface area contributed by atoms with E-state index in [-0.39, 0.29) is 5.97 Å². The van der Waals surface area contributed by atoms with E-state index in [1.807, 2.05) is 93.6 Å². The lowest BCUT2D eigenvalue weighted by Crippen LogP contribution is -2.33. The molecule has 0 fully saturated rings. The smallest absolute Gasteiger partial charge is 0.415 e. The van der Waals surface area contributed by atoms with Crippen LogP contribution in [0.4, 0.5) is 4.79 Å². The second-order valence-electron chi connectivity index (χ2n) is 8.44. The van der Waals surface area contributed by atoms with E-state index in [1.54, 1.807) is 4.90 Å². The van der Waals surface area contributed by atoms with Crippen molar-refractivity contribution < 1.29 is 19.1 Å². The number of carbonyl (C=O) groups excluding carboxylic acids is 2. The van der Waals surface area contributed by atoms with Crippen LogP contribution in [0.1, 0.15) is 40.0 Å². The molecule has 4 aromatic carbocycles. The Morgan fingerprint density at radius 2 is 1.20 bits per heavy atom. The van der Waals surface area contributed by atoms with Crippen molar-refractivity contribution in [3.8, 4) is 22.6 Å². The topological polar surface area (TPSA) is 55.8 Å². The molecule has 1 amide bonds. The van der Waals surface area contributed by atoms with Crippen LogP contribution in [-0.2, 0) is 4.79 Å². The van der Waals surface area contributed by atoms with Crippen molar-refractivity contribution in [2.75, 3.05) is 13.1 Å². The highest BCUT2D eigenvalue weighted by Crippen LogP contribution is 2.45. The Morgan fingerprint density at radius 3 is 1.71 bits per heavy atom. The maximum absolute atomic E-state index is 13.0. The summed E-state index contributed by atoms with van der Waals surface area (Å²) in [6, 6.07) is 23.5. The first kappa shape index (κ1) is 24.3. The van der Waals surface area contributed by atoms with Crippen molar-refractivity contribution in [3.05, 3.63) is 72.8 Å². The van der Waals surface area contributed by atoms with Crippen LogP contribution in [0.3, 0.4) is 0 Å². The first-order valence-electron chi connectivity index (χ1n) is 12.3. The molecular formula is C30H31NO4. The predicted octanol–water partition coefficient (Wildman–Crippen LogP) is 7.60. The van der Waals surface area contributed by atoms with Crippen LogP contribution in [-0.4, -0.2) is 30.1 Å². The van der Waals surface area contributed by atoms with Gasteiger partial charge in [-0.15, -0.1) is 0 Å². The standard InChI is InChI=1S/C30H31NO4/c1-4-7-16-27(32)34-25-19-17-21-12-8-10-14-23(21)28(25)29-24-15-11-9-13-22(24)18-20-26(29)35-30(33)31(5-2)6-3/h8-15,17-20H,4-7,16H2,1-3H3. The minimum Gasteiger partial charge on any atom is -0.426 e. The molecule has 0 saturated heterocycles. The molecule has 0 saturated carbocycles. The second-order valence-corrected chi connectivity index (χ2v) is 8.44. The average Bonchev–Trinajstić information content (AvgIpc) is 2.88. The first-order chi connectivity index (χ1) is 17.1. The zero-order valence-electron chi connectivity index (χ0n) is 20.5. The van der Waals surface area contributed by atoms with Gasteiger partial charge in [-0.05, 0) is 53.9 Å². The van der Waals surface area contributed by atoms with Crippen LogP contribution in [0.15, 0.2) is 72.8 Å². The van der Waals surface area contributed by atoms with Gasteiger partial charge in [-0.3, -0.25) is 4.79 Å². The number of ether oxygens (including phenoxy) is 2. The lowest BCUT2D eigenvalue weighted by atomic mass is 9.92. The number of nitrogens with zero attached hydrogens (tertiary/aromatic N) is 1. The number of unbranched alkanes of at least 4 members (excludes halogenated alkanes) is 1. The molecule has 0 bridgehead atoms. The molecule has 0 aliphatic carbocycles. The Hall–Kier alpha value is -3.86. The van der Waals surface area contributed by atoms with E-state index in [9.17, 15) is 9.59 Å². The summed E-state index contributed by atoms with van der Waals surface area (Å²) in [6.07, 6.45) is 1.62. The van der Waals surface area contributed by atoms with Gasteiger partial charge < -0.3 is 14.4 Å². The van der Waals surface area contributed by atoms with Gasteiger partial charge in [0.1, 0.15) is 11.5 Å². The fourth-order valence-electron chi connectivity index (χ4n) is 4.32. The lowest BCUT2D eigenvalue weighted by Gasteiger charge is -2.21. The van der Waals surface area contributed by atoms with Crippen molar-refractivity contribution in [1.29, 1.82) is 0 Å². The van der Waals surface area contributed by atoms with E-state index in [4.69, 9.17) is 9.47 Å². The molecule has 4 rings (SSSR count). The molecule has 4 aromatic rings. The molecule has 0 radical (unpaired) electrons. The minimum absolute atomic E-state index is 0.273. The summed E-state index contributed by atoms with van der Waals surface area (Å²) in [5.74, 6) is 0.620. The molecule has 5 nitrogen and oxygen atoms in total. The van der Waals surface area contributed by atoms with Crippen LogP contribution in [0.25, 0.3) is 32.7 Å². The highest BCUT2D eigenvalue weighted by atomic mass is 16.6. The Morgan fingerprint density at radius 1 is 0.686 bits per heavy atom. The summed E-state index contributed by atoms with van der Waals surface area (Å²) in [5.41, 5.74) is 1.48. The molecule has 0 atom stereocenters. The van der Waals surface area contributed by atoms with E-state index in [2.05, 4.69) is 0 Å². The molecule has 35 heavy (non-hydrogen) atoms. The van der Waals surface area contributed by atoms with Crippen molar-refractivity contribution in [2.24, 2.45) is 0 Å². The summed E-state index contributed by atoms with van der Waals surface area (Å²) >= 11 is 0. The van der Waals surface area contributed by atoms with E-state index in [0.717, 1.165) is 45.5 Å². The molecule has 0 aliphatic heterocycles. The largest absolute Gasteiger partial charge is 0.426 e. The summed E-state index contributed by atoms with van der Waals surface area (Å²) in [4.78, 5) is 27.3. The number of fused-ring (bicyclic) bond motifs is 2. The van der Waals surface area contributed by atoms with Gasteiger partial charge in [-0.1, -0.05) is 74.0 Å². The van der Waals surface area contributed by atoms with Crippen LogP contribution in [0.2, 0.25) is 0 Å². The van der Waals surface area contributed by atoms with Gasteiger partial charge >= 0.3 is 12.1 Å². The molecular weight excluding hydrogens is 438 g/mol. The summed E-state index contributed by atoms with van der Waals surface area (Å²) in [7, 11) is 0. The summed E-state index contributed by atoms with van der Waals surface area (Å²) in [6.45, 7) is 6.98. The Kier molecular flexibility index (Phi) is 7.66. The molecule has 0 N–H and O–H groups in total. The molecule has 180 valence electrons. The summed E-state index contributed by atoms with van der Waals surface area (Å²) in [5, 5.41) is 3.84. The normalized spacial score (nSPS) is 10.9. The Labute approximate surface area is 206 Å². The molecule has 0 spiro atoms. The Balaban J connectivity index is 1.97. The molecule has 0 aliphatic rings. The van der Waals surface area contributed by atoms with Gasteiger partial charge in [0.15, 0.2) is 0 Å². The highest BCUT2D eigenvalue weighted by molar-refractivity contribution is 6.10. The zero-order valence-corrected chi connectivity index (χ0v) is 20.5. The quantitative estimate of drug-likeness (QED) is 0.197. The maximum Gasteiger partial charge on any atom is 0.415 e. The highest BCUT2D eigenvalue weighted by Gasteiger charge is 2.23. The van der Waals surface area contributed by atoms with E-state index in [0.29, 0.717) is 31.0 Å². The van der Waals surface area contributed by atoms with Crippen LogP contribution in [0.5, 0.6) is 11.5 Å². The lowest BCUT2D eigenvalue weighted by molar-refractivity contribution is -0.134. The van der Waals surface area contributed by atoms with E-state index in [1.165, 1.54) is 0 Å². The van der Waals surface area contributed by atoms with Gasteiger partial charge in [0.2, 0.25) is 0 Å². The molecule has 5 heteroatoms. The fraction of sp³-hybridized carbons (Fsp3) is 0.267. The van der Waals surface area contributed by atoms with Crippen molar-refractivity contribution in [2.45, 2.75) is 40.0 Å². The first-order valence-corrected chi connectivity index (χ1v) is 12.3. The molecule has 0 heterocycles. The van der Waals surface area contributed by atoms with Crippen LogP contribution >= 0.6 is 0 Å². The van der Waals surface area contributed by atoms with Crippen LogP contribution in [0, 0.1) is 0 Å². The van der Waals surface area contributed by atoms with Crippen molar-refractivity contribution >= 4 is 33.6 Å². The number of hydrogen-bond donors (Lipinski definition) is 0. The number of benzene rings is 4. The molecule has 0 unspecified atom stereocenters. The maximum atomic E-state index is 13.0. The third-order valence-corrected chi connectivity index (χ3v) is 6.21.